The number of methoxy groups -OCH3 is 1. The van der Waals surface area contributed by atoms with Gasteiger partial charge in [-0.25, -0.2) is 9.78 Å². The van der Waals surface area contributed by atoms with Gasteiger partial charge in [0.15, 0.2) is 0 Å². The SMILES string of the molecule is CC/C=C/C(CC)C/C=C/[C@]1(CC)C[C@@H](CC)[C@H](CC(=O)OC)OO1. The number of allylic oxidation sites excluding steroid dienone is 3. The maximum absolute atomic E-state index is 11.6. The average molecular weight is 353 g/mol. The van der Waals surface area contributed by atoms with Crippen molar-refractivity contribution >= 4 is 5.97 Å². The number of ether oxygens (including phenoxy) is 1. The van der Waals surface area contributed by atoms with Crippen LogP contribution in [0.3, 0.4) is 0 Å². The van der Waals surface area contributed by atoms with Crippen molar-refractivity contribution in [3.05, 3.63) is 24.3 Å². The number of carbonyl (C=O) groups is 1. The van der Waals surface area contributed by atoms with Crippen LogP contribution in [0.5, 0.6) is 0 Å². The summed E-state index contributed by atoms with van der Waals surface area (Å²) in [4.78, 5) is 23.0. The average Bonchev–Trinajstić information content (AvgIpc) is 2.65. The molecule has 144 valence electrons. The molecule has 1 fully saturated rings. The van der Waals surface area contributed by atoms with E-state index in [9.17, 15) is 4.79 Å². The van der Waals surface area contributed by atoms with Crippen LogP contribution in [0.1, 0.15) is 72.6 Å². The van der Waals surface area contributed by atoms with Gasteiger partial charge in [0.1, 0.15) is 11.7 Å². The molecule has 4 atom stereocenters. The number of esters is 1. The molecule has 1 unspecified atom stereocenters. The summed E-state index contributed by atoms with van der Waals surface area (Å²) >= 11 is 0. The van der Waals surface area contributed by atoms with Gasteiger partial charge in [-0.3, -0.25) is 4.79 Å². The van der Waals surface area contributed by atoms with Crippen LogP contribution < -0.4 is 0 Å². The summed E-state index contributed by atoms with van der Waals surface area (Å²) in [7, 11) is 1.41. The maximum atomic E-state index is 11.6. The van der Waals surface area contributed by atoms with Gasteiger partial charge in [0.2, 0.25) is 0 Å². The molecule has 0 aromatic carbocycles. The van der Waals surface area contributed by atoms with Crippen molar-refractivity contribution in [1.29, 1.82) is 0 Å². The van der Waals surface area contributed by atoms with Crippen LogP contribution >= 0.6 is 0 Å². The standard InChI is InChI=1S/C21H36O4/c1-6-10-12-17(7-2)13-11-14-21(9-4)16-18(8-3)19(24-25-21)15-20(22)23-5/h10-12,14,17-19H,6-9,13,15-16H2,1-5H3/b12-10+,14-11+/t17?,18-,19+,21-/m1/s1. The molecule has 0 bridgehead atoms. The second kappa shape index (κ2) is 11.5. The van der Waals surface area contributed by atoms with E-state index in [2.05, 4.69) is 52.0 Å². The highest BCUT2D eigenvalue weighted by molar-refractivity contribution is 5.69. The molecular weight excluding hydrogens is 316 g/mol. The van der Waals surface area contributed by atoms with Gasteiger partial charge in [-0.2, -0.15) is 0 Å². The summed E-state index contributed by atoms with van der Waals surface area (Å²) in [5.41, 5.74) is -0.389. The lowest BCUT2D eigenvalue weighted by Crippen LogP contribution is -2.44. The van der Waals surface area contributed by atoms with Gasteiger partial charge in [-0.05, 0) is 43.9 Å². The lowest BCUT2D eigenvalue weighted by molar-refractivity contribution is -0.409. The normalized spacial score (nSPS) is 28.5. The predicted molar refractivity (Wildman–Crippen MR) is 101 cm³/mol. The molecule has 0 spiro atoms. The zero-order valence-electron chi connectivity index (χ0n) is 16.6. The molecule has 4 nitrogen and oxygen atoms in total. The Balaban J connectivity index is 2.71. The Kier molecular flexibility index (Phi) is 10.1. The van der Waals surface area contributed by atoms with Crippen LogP contribution in [-0.4, -0.2) is 24.8 Å². The van der Waals surface area contributed by atoms with Crippen molar-refractivity contribution < 1.29 is 19.3 Å². The fourth-order valence-corrected chi connectivity index (χ4v) is 3.29. The van der Waals surface area contributed by atoms with Crippen molar-refractivity contribution in [2.75, 3.05) is 7.11 Å². The number of hydrogen-bond acceptors (Lipinski definition) is 4. The Hall–Kier alpha value is -1.13. The third-order valence-corrected chi connectivity index (χ3v) is 5.22. The second-order valence-electron chi connectivity index (χ2n) is 6.93. The number of rotatable bonds is 10. The molecule has 0 aromatic rings. The van der Waals surface area contributed by atoms with Crippen LogP contribution in [0.15, 0.2) is 24.3 Å². The lowest BCUT2D eigenvalue weighted by Gasteiger charge is -2.41. The third kappa shape index (κ3) is 6.95. The quantitative estimate of drug-likeness (QED) is 0.301. The highest BCUT2D eigenvalue weighted by atomic mass is 17.2. The molecule has 1 saturated heterocycles. The molecule has 0 radical (unpaired) electrons. The van der Waals surface area contributed by atoms with Crippen molar-refractivity contribution in [1.82, 2.24) is 0 Å². The molecular formula is C21H36O4. The van der Waals surface area contributed by atoms with Crippen molar-refractivity contribution in [2.45, 2.75) is 84.3 Å². The van der Waals surface area contributed by atoms with E-state index < -0.39 is 0 Å². The molecule has 25 heavy (non-hydrogen) atoms. The first kappa shape index (κ1) is 21.9. The Morgan fingerprint density at radius 2 is 2.04 bits per heavy atom. The Morgan fingerprint density at radius 1 is 1.28 bits per heavy atom. The van der Waals surface area contributed by atoms with E-state index >= 15 is 0 Å². The predicted octanol–water partition coefficient (Wildman–Crippen LogP) is 5.38. The topological polar surface area (TPSA) is 44.8 Å². The van der Waals surface area contributed by atoms with Crippen LogP contribution in [-0.2, 0) is 19.3 Å². The van der Waals surface area contributed by atoms with Crippen LogP contribution in [0.25, 0.3) is 0 Å². The smallest absolute Gasteiger partial charge is 0.308 e. The minimum absolute atomic E-state index is 0.221. The first-order valence-corrected chi connectivity index (χ1v) is 9.79. The molecule has 0 saturated carbocycles. The third-order valence-electron chi connectivity index (χ3n) is 5.22. The van der Waals surface area contributed by atoms with Gasteiger partial charge >= 0.3 is 5.97 Å². The monoisotopic (exact) mass is 352 g/mol. The summed E-state index contributed by atoms with van der Waals surface area (Å²) in [6.45, 7) is 8.64. The van der Waals surface area contributed by atoms with Crippen LogP contribution in [0.2, 0.25) is 0 Å². The highest BCUT2D eigenvalue weighted by Gasteiger charge is 2.41. The molecule has 0 aromatic heterocycles. The van der Waals surface area contributed by atoms with Crippen molar-refractivity contribution in [2.24, 2.45) is 11.8 Å². The van der Waals surface area contributed by atoms with E-state index in [1.165, 1.54) is 7.11 Å². The number of carbonyl (C=O) groups excluding carboxylic acids is 1. The fraction of sp³-hybridized carbons (Fsp3) is 0.762. The van der Waals surface area contributed by atoms with E-state index in [4.69, 9.17) is 14.5 Å². The summed E-state index contributed by atoms with van der Waals surface area (Å²) in [5, 5.41) is 0. The summed E-state index contributed by atoms with van der Waals surface area (Å²) in [5.74, 6) is 0.614. The summed E-state index contributed by atoms with van der Waals surface area (Å²) in [6.07, 6.45) is 14.9. The Morgan fingerprint density at radius 3 is 2.60 bits per heavy atom. The minimum Gasteiger partial charge on any atom is -0.469 e. The van der Waals surface area contributed by atoms with Gasteiger partial charge in [0.05, 0.1) is 13.5 Å². The fourth-order valence-electron chi connectivity index (χ4n) is 3.29. The molecule has 1 aliphatic heterocycles. The maximum Gasteiger partial charge on any atom is 0.308 e. The molecule has 0 aliphatic carbocycles. The first-order valence-electron chi connectivity index (χ1n) is 9.79. The van der Waals surface area contributed by atoms with E-state index in [1.807, 2.05) is 0 Å². The number of hydrogen-bond donors (Lipinski definition) is 0. The van der Waals surface area contributed by atoms with E-state index in [0.717, 1.165) is 38.5 Å². The molecule has 0 N–H and O–H groups in total. The largest absolute Gasteiger partial charge is 0.469 e. The zero-order valence-corrected chi connectivity index (χ0v) is 16.6. The molecule has 4 heteroatoms. The molecule has 1 heterocycles. The minimum atomic E-state index is -0.389. The van der Waals surface area contributed by atoms with Crippen LogP contribution in [0, 0.1) is 11.8 Å². The van der Waals surface area contributed by atoms with E-state index in [1.54, 1.807) is 0 Å². The van der Waals surface area contributed by atoms with Gasteiger partial charge in [0.25, 0.3) is 0 Å². The highest BCUT2D eigenvalue weighted by Crippen LogP contribution is 2.38. The first-order chi connectivity index (χ1) is 12.0. The Labute approximate surface area is 153 Å². The molecule has 1 aliphatic rings. The lowest BCUT2D eigenvalue weighted by atomic mass is 9.81. The van der Waals surface area contributed by atoms with Gasteiger partial charge in [0, 0.05) is 0 Å². The van der Waals surface area contributed by atoms with E-state index in [0.29, 0.717) is 11.8 Å². The van der Waals surface area contributed by atoms with Gasteiger partial charge in [-0.15, -0.1) is 0 Å². The Bertz CT molecular complexity index is 443. The van der Waals surface area contributed by atoms with Crippen molar-refractivity contribution in [3.8, 4) is 0 Å². The summed E-state index contributed by atoms with van der Waals surface area (Å²) in [6, 6.07) is 0. The second-order valence-corrected chi connectivity index (χ2v) is 6.93. The molecule has 0 amide bonds. The van der Waals surface area contributed by atoms with Gasteiger partial charge < -0.3 is 4.74 Å². The van der Waals surface area contributed by atoms with E-state index in [-0.39, 0.29) is 24.1 Å². The zero-order chi connectivity index (χ0) is 18.7. The molecule has 1 rings (SSSR count). The summed E-state index contributed by atoms with van der Waals surface area (Å²) < 4.78 is 4.76. The van der Waals surface area contributed by atoms with Crippen LogP contribution in [0.4, 0.5) is 0 Å². The van der Waals surface area contributed by atoms with Gasteiger partial charge in [-0.1, -0.05) is 58.4 Å². The van der Waals surface area contributed by atoms with Crippen molar-refractivity contribution in [3.63, 3.8) is 0 Å².